The van der Waals surface area contributed by atoms with E-state index in [4.69, 9.17) is 4.74 Å². The van der Waals surface area contributed by atoms with E-state index >= 15 is 0 Å². The second-order valence-electron chi connectivity index (χ2n) is 5.90. The third-order valence-electron chi connectivity index (χ3n) is 4.43. The summed E-state index contributed by atoms with van der Waals surface area (Å²) in [5.41, 5.74) is 2.64. The van der Waals surface area contributed by atoms with Gasteiger partial charge in [0, 0.05) is 6.54 Å². The lowest BCUT2D eigenvalue weighted by Crippen LogP contribution is -2.27. The zero-order chi connectivity index (χ0) is 14.2. The Bertz CT molecular complexity index is 374. The smallest absolute Gasteiger partial charge is 0.0720 e. The molecule has 2 heteroatoms. The third-order valence-corrected chi connectivity index (χ3v) is 4.43. The van der Waals surface area contributed by atoms with Crippen molar-refractivity contribution in [2.24, 2.45) is 5.92 Å². The number of nitrogens with one attached hydrogen (secondary N) is 1. The molecule has 1 aliphatic rings. The van der Waals surface area contributed by atoms with Crippen LogP contribution < -0.4 is 5.32 Å². The third kappa shape index (κ3) is 4.60. The lowest BCUT2D eigenvalue weighted by molar-refractivity contribution is -0.0221. The van der Waals surface area contributed by atoms with E-state index in [-0.39, 0.29) is 0 Å². The van der Waals surface area contributed by atoms with Crippen LogP contribution in [0.5, 0.6) is 0 Å². The van der Waals surface area contributed by atoms with Crippen molar-refractivity contribution >= 4 is 0 Å². The Balaban J connectivity index is 1.80. The largest absolute Gasteiger partial charge is 0.373 e. The molecule has 1 aliphatic carbocycles. The molecule has 1 aromatic rings. The first kappa shape index (κ1) is 15.5. The van der Waals surface area contributed by atoms with E-state index in [0.717, 1.165) is 25.6 Å². The Labute approximate surface area is 123 Å². The van der Waals surface area contributed by atoms with Gasteiger partial charge in [-0.2, -0.15) is 0 Å². The first-order valence-electron chi connectivity index (χ1n) is 8.23. The van der Waals surface area contributed by atoms with Gasteiger partial charge in [-0.3, -0.25) is 0 Å². The van der Waals surface area contributed by atoms with Gasteiger partial charge in [-0.1, -0.05) is 57.4 Å². The van der Waals surface area contributed by atoms with Gasteiger partial charge >= 0.3 is 0 Å². The van der Waals surface area contributed by atoms with Gasteiger partial charge in [-0.25, -0.2) is 0 Å². The summed E-state index contributed by atoms with van der Waals surface area (Å²) in [7, 11) is 0. The molecule has 0 aromatic heterocycles. The van der Waals surface area contributed by atoms with Crippen LogP contribution in [-0.4, -0.2) is 12.6 Å². The Morgan fingerprint density at radius 1 is 1.05 bits per heavy atom. The van der Waals surface area contributed by atoms with Crippen LogP contribution in [0.15, 0.2) is 24.3 Å². The van der Waals surface area contributed by atoms with E-state index in [2.05, 4.69) is 43.4 Å². The van der Waals surface area contributed by atoms with Crippen molar-refractivity contribution in [2.75, 3.05) is 6.54 Å². The second kappa shape index (κ2) is 8.43. The van der Waals surface area contributed by atoms with Gasteiger partial charge in [0.2, 0.25) is 0 Å². The van der Waals surface area contributed by atoms with Crippen molar-refractivity contribution < 1.29 is 4.74 Å². The van der Waals surface area contributed by atoms with E-state index in [1.54, 1.807) is 0 Å². The Morgan fingerprint density at radius 2 is 1.75 bits per heavy atom. The fourth-order valence-electron chi connectivity index (χ4n) is 3.09. The molecule has 2 rings (SSSR count). The molecular weight excluding hydrogens is 246 g/mol. The van der Waals surface area contributed by atoms with E-state index < -0.39 is 0 Å². The molecule has 1 saturated carbocycles. The van der Waals surface area contributed by atoms with Crippen LogP contribution in [0.3, 0.4) is 0 Å². The maximum Gasteiger partial charge on any atom is 0.0720 e. The molecule has 0 bridgehead atoms. The Kier molecular flexibility index (Phi) is 6.55. The fraction of sp³-hybridized carbons (Fsp3) is 0.667. The molecule has 2 atom stereocenters. The lowest BCUT2D eigenvalue weighted by Gasteiger charge is -2.30. The summed E-state index contributed by atoms with van der Waals surface area (Å²) in [5, 5.41) is 3.35. The highest BCUT2D eigenvalue weighted by Crippen LogP contribution is 2.29. The summed E-state index contributed by atoms with van der Waals surface area (Å²) in [6.07, 6.45) is 7.06. The predicted octanol–water partition coefficient (Wildman–Crippen LogP) is 4.28. The van der Waals surface area contributed by atoms with E-state index in [1.165, 1.54) is 43.2 Å². The molecule has 0 radical (unpaired) electrons. The summed E-state index contributed by atoms with van der Waals surface area (Å²) in [4.78, 5) is 0. The minimum Gasteiger partial charge on any atom is -0.373 e. The zero-order valence-corrected chi connectivity index (χ0v) is 13.0. The van der Waals surface area contributed by atoms with Gasteiger partial charge in [0.25, 0.3) is 0 Å². The van der Waals surface area contributed by atoms with Crippen LogP contribution in [0.1, 0.15) is 57.1 Å². The van der Waals surface area contributed by atoms with Crippen LogP contribution in [0.25, 0.3) is 0 Å². The Hall–Kier alpha value is -0.860. The SMILES string of the molecule is CCNCc1ccc(COC2CCCCC2CC)cc1. The van der Waals surface area contributed by atoms with Gasteiger partial charge < -0.3 is 10.1 Å². The van der Waals surface area contributed by atoms with Crippen molar-refractivity contribution in [2.45, 2.75) is 65.2 Å². The number of hydrogen-bond acceptors (Lipinski definition) is 2. The first-order valence-corrected chi connectivity index (χ1v) is 8.23. The molecule has 0 saturated heterocycles. The molecule has 0 heterocycles. The summed E-state index contributed by atoms with van der Waals surface area (Å²) in [5.74, 6) is 0.775. The van der Waals surface area contributed by atoms with Crippen LogP contribution in [0.2, 0.25) is 0 Å². The van der Waals surface area contributed by atoms with Crippen molar-refractivity contribution in [1.29, 1.82) is 0 Å². The molecule has 0 spiro atoms. The van der Waals surface area contributed by atoms with E-state index in [9.17, 15) is 0 Å². The summed E-state index contributed by atoms with van der Waals surface area (Å²) >= 11 is 0. The highest BCUT2D eigenvalue weighted by atomic mass is 16.5. The molecule has 112 valence electrons. The molecule has 1 N–H and O–H groups in total. The first-order chi connectivity index (χ1) is 9.83. The average Bonchev–Trinajstić information content (AvgIpc) is 2.52. The standard InChI is InChI=1S/C18H29NO/c1-3-17-7-5-6-8-18(17)20-14-16-11-9-15(10-12-16)13-19-4-2/h9-12,17-19H,3-8,13-14H2,1-2H3. The van der Waals surface area contributed by atoms with Crippen LogP contribution in [0, 0.1) is 5.92 Å². The van der Waals surface area contributed by atoms with E-state index in [1.807, 2.05) is 0 Å². The average molecular weight is 275 g/mol. The van der Waals surface area contributed by atoms with Gasteiger partial charge in [-0.05, 0) is 36.4 Å². The minimum atomic E-state index is 0.482. The highest BCUT2D eigenvalue weighted by Gasteiger charge is 2.23. The molecule has 2 unspecified atom stereocenters. The number of ether oxygens (including phenoxy) is 1. The van der Waals surface area contributed by atoms with Gasteiger partial charge in [0.1, 0.15) is 0 Å². The Morgan fingerprint density at radius 3 is 2.45 bits per heavy atom. The molecule has 1 fully saturated rings. The lowest BCUT2D eigenvalue weighted by atomic mass is 9.85. The topological polar surface area (TPSA) is 21.3 Å². The van der Waals surface area contributed by atoms with Crippen LogP contribution >= 0.6 is 0 Å². The number of rotatable bonds is 7. The van der Waals surface area contributed by atoms with Crippen LogP contribution in [0.4, 0.5) is 0 Å². The van der Waals surface area contributed by atoms with Gasteiger partial charge in [0.15, 0.2) is 0 Å². The van der Waals surface area contributed by atoms with Crippen molar-refractivity contribution in [3.05, 3.63) is 35.4 Å². The predicted molar refractivity (Wildman–Crippen MR) is 84.6 cm³/mol. The summed E-state index contributed by atoms with van der Waals surface area (Å²) in [6.45, 7) is 7.17. The van der Waals surface area contributed by atoms with Crippen LogP contribution in [-0.2, 0) is 17.9 Å². The summed E-state index contributed by atoms with van der Waals surface area (Å²) < 4.78 is 6.18. The summed E-state index contributed by atoms with van der Waals surface area (Å²) in [6, 6.07) is 8.83. The maximum absolute atomic E-state index is 6.18. The van der Waals surface area contributed by atoms with Gasteiger partial charge in [-0.15, -0.1) is 0 Å². The minimum absolute atomic E-state index is 0.482. The van der Waals surface area contributed by atoms with Crippen molar-refractivity contribution in [1.82, 2.24) is 5.32 Å². The second-order valence-corrected chi connectivity index (χ2v) is 5.90. The molecule has 20 heavy (non-hydrogen) atoms. The fourth-order valence-corrected chi connectivity index (χ4v) is 3.09. The van der Waals surface area contributed by atoms with Gasteiger partial charge in [0.05, 0.1) is 12.7 Å². The normalized spacial score (nSPS) is 22.9. The highest BCUT2D eigenvalue weighted by molar-refractivity contribution is 5.21. The van der Waals surface area contributed by atoms with Crippen molar-refractivity contribution in [3.8, 4) is 0 Å². The maximum atomic E-state index is 6.18. The number of hydrogen-bond donors (Lipinski definition) is 1. The molecule has 0 aliphatic heterocycles. The molecule has 2 nitrogen and oxygen atoms in total. The quantitative estimate of drug-likeness (QED) is 0.802. The van der Waals surface area contributed by atoms with Crippen molar-refractivity contribution in [3.63, 3.8) is 0 Å². The molecule has 0 amide bonds. The number of benzene rings is 1. The zero-order valence-electron chi connectivity index (χ0n) is 13.0. The monoisotopic (exact) mass is 275 g/mol. The molecular formula is C18H29NO. The van der Waals surface area contributed by atoms with E-state index in [0.29, 0.717) is 6.10 Å². The molecule has 1 aromatic carbocycles.